The summed E-state index contributed by atoms with van der Waals surface area (Å²) in [6, 6.07) is 4.18. The van der Waals surface area contributed by atoms with Gasteiger partial charge in [-0.3, -0.25) is 9.97 Å². The molecule has 0 fully saturated rings. The van der Waals surface area contributed by atoms with Crippen LogP contribution in [0.4, 0.5) is 0 Å². The van der Waals surface area contributed by atoms with E-state index in [4.69, 9.17) is 4.74 Å². The lowest BCUT2D eigenvalue weighted by molar-refractivity contribution is 0.404. The number of rotatable bonds is 4. The Morgan fingerprint density at radius 3 is 2.40 bits per heavy atom. The summed E-state index contributed by atoms with van der Waals surface area (Å²) in [5.41, 5.74) is 5.29. The van der Waals surface area contributed by atoms with Crippen LogP contribution >= 0.6 is 0 Å². The summed E-state index contributed by atoms with van der Waals surface area (Å²) in [7, 11) is 3.62. The fourth-order valence-corrected chi connectivity index (χ4v) is 2.47. The molecule has 1 aromatic carbocycles. The van der Waals surface area contributed by atoms with Crippen LogP contribution < -0.4 is 10.1 Å². The van der Waals surface area contributed by atoms with Crippen LogP contribution in [0.15, 0.2) is 24.5 Å². The van der Waals surface area contributed by atoms with Crippen molar-refractivity contribution in [3.63, 3.8) is 0 Å². The number of methoxy groups -OCH3 is 1. The zero-order valence-corrected chi connectivity index (χ0v) is 12.7. The van der Waals surface area contributed by atoms with Gasteiger partial charge in [0.25, 0.3) is 0 Å². The predicted octanol–water partition coefficient (Wildman–Crippen LogP) is 2.72. The largest absolute Gasteiger partial charge is 0.496 e. The second-order valence-electron chi connectivity index (χ2n) is 5.00. The van der Waals surface area contributed by atoms with E-state index in [1.165, 1.54) is 11.1 Å². The minimum absolute atomic E-state index is 0.0290. The first-order valence-electron chi connectivity index (χ1n) is 6.67. The van der Waals surface area contributed by atoms with E-state index < -0.39 is 0 Å². The smallest absolute Gasteiger partial charge is 0.124 e. The Labute approximate surface area is 120 Å². The number of hydrogen-bond acceptors (Lipinski definition) is 4. The molecule has 0 aliphatic heterocycles. The number of aryl methyl sites for hydroxylation is 3. The zero-order valence-electron chi connectivity index (χ0n) is 12.7. The summed E-state index contributed by atoms with van der Waals surface area (Å²) < 4.78 is 5.55. The second-order valence-corrected chi connectivity index (χ2v) is 5.00. The monoisotopic (exact) mass is 271 g/mol. The van der Waals surface area contributed by atoms with E-state index >= 15 is 0 Å². The van der Waals surface area contributed by atoms with Crippen LogP contribution in [-0.2, 0) is 0 Å². The van der Waals surface area contributed by atoms with Crippen molar-refractivity contribution in [3.8, 4) is 5.75 Å². The first-order chi connectivity index (χ1) is 9.56. The van der Waals surface area contributed by atoms with Crippen LogP contribution in [0.3, 0.4) is 0 Å². The number of ether oxygens (including phenoxy) is 1. The van der Waals surface area contributed by atoms with Crippen molar-refractivity contribution in [2.75, 3.05) is 14.2 Å². The lowest BCUT2D eigenvalue weighted by Crippen LogP contribution is -2.21. The van der Waals surface area contributed by atoms with E-state index in [0.717, 1.165) is 22.7 Å². The molecule has 1 unspecified atom stereocenters. The van der Waals surface area contributed by atoms with Gasteiger partial charge in [-0.15, -0.1) is 0 Å². The maximum atomic E-state index is 5.55. The van der Waals surface area contributed by atoms with Crippen molar-refractivity contribution >= 4 is 0 Å². The molecule has 20 heavy (non-hydrogen) atoms. The number of benzene rings is 1. The maximum Gasteiger partial charge on any atom is 0.124 e. The molecule has 0 aliphatic rings. The Hall–Kier alpha value is -1.94. The molecule has 0 saturated heterocycles. The van der Waals surface area contributed by atoms with Crippen molar-refractivity contribution in [2.45, 2.75) is 26.8 Å². The number of nitrogens with one attached hydrogen (secondary N) is 1. The van der Waals surface area contributed by atoms with Gasteiger partial charge in [0.05, 0.1) is 30.7 Å². The molecule has 2 rings (SSSR count). The average Bonchev–Trinajstić information content (AvgIpc) is 2.43. The van der Waals surface area contributed by atoms with Crippen LogP contribution in [0.5, 0.6) is 5.75 Å². The van der Waals surface area contributed by atoms with Crippen molar-refractivity contribution in [1.29, 1.82) is 0 Å². The van der Waals surface area contributed by atoms with E-state index in [1.54, 1.807) is 13.3 Å². The van der Waals surface area contributed by atoms with E-state index in [0.29, 0.717) is 0 Å². The van der Waals surface area contributed by atoms with Gasteiger partial charge in [-0.1, -0.05) is 6.07 Å². The minimum Gasteiger partial charge on any atom is -0.496 e. The lowest BCUT2D eigenvalue weighted by atomic mass is 9.96. The molecule has 0 radical (unpaired) electrons. The van der Waals surface area contributed by atoms with Gasteiger partial charge in [0.15, 0.2) is 0 Å². The highest BCUT2D eigenvalue weighted by molar-refractivity contribution is 5.47. The fourth-order valence-electron chi connectivity index (χ4n) is 2.47. The normalized spacial score (nSPS) is 12.2. The highest BCUT2D eigenvalue weighted by Gasteiger charge is 2.20. The first kappa shape index (κ1) is 14.5. The lowest BCUT2D eigenvalue weighted by Gasteiger charge is -2.21. The van der Waals surface area contributed by atoms with E-state index in [2.05, 4.69) is 35.2 Å². The molecular weight excluding hydrogens is 250 g/mol. The molecular formula is C16H21N3O. The molecule has 4 heteroatoms. The van der Waals surface area contributed by atoms with Gasteiger partial charge >= 0.3 is 0 Å². The van der Waals surface area contributed by atoms with Crippen molar-refractivity contribution in [1.82, 2.24) is 15.3 Å². The Morgan fingerprint density at radius 2 is 1.85 bits per heavy atom. The summed E-state index contributed by atoms with van der Waals surface area (Å²) in [4.78, 5) is 8.82. The Bertz CT molecular complexity index is 593. The van der Waals surface area contributed by atoms with Crippen LogP contribution in [0.25, 0.3) is 0 Å². The van der Waals surface area contributed by atoms with Gasteiger partial charge < -0.3 is 10.1 Å². The van der Waals surface area contributed by atoms with Gasteiger partial charge in [-0.25, -0.2) is 0 Å². The highest BCUT2D eigenvalue weighted by atomic mass is 16.5. The first-order valence-corrected chi connectivity index (χ1v) is 6.67. The van der Waals surface area contributed by atoms with Crippen molar-refractivity contribution in [3.05, 3.63) is 52.6 Å². The van der Waals surface area contributed by atoms with Crippen LogP contribution in [0.2, 0.25) is 0 Å². The molecule has 0 spiro atoms. The SMILES string of the molecule is CNC(c1cnc(C)cn1)c1c(C)cc(C)cc1OC. The summed E-state index contributed by atoms with van der Waals surface area (Å²) in [6.07, 6.45) is 3.60. The summed E-state index contributed by atoms with van der Waals surface area (Å²) >= 11 is 0. The highest BCUT2D eigenvalue weighted by Crippen LogP contribution is 2.32. The number of aromatic nitrogens is 2. The molecule has 1 heterocycles. The Kier molecular flexibility index (Phi) is 4.35. The molecule has 1 N–H and O–H groups in total. The van der Waals surface area contributed by atoms with Crippen molar-refractivity contribution in [2.24, 2.45) is 0 Å². The summed E-state index contributed by atoms with van der Waals surface area (Å²) in [6.45, 7) is 6.10. The minimum atomic E-state index is -0.0290. The third-order valence-corrected chi connectivity index (χ3v) is 3.39. The zero-order chi connectivity index (χ0) is 14.7. The number of hydrogen-bond donors (Lipinski definition) is 1. The topological polar surface area (TPSA) is 47.0 Å². The molecule has 4 nitrogen and oxygen atoms in total. The van der Waals surface area contributed by atoms with Crippen molar-refractivity contribution < 1.29 is 4.74 Å². The molecule has 0 saturated carbocycles. The van der Waals surface area contributed by atoms with E-state index in [-0.39, 0.29) is 6.04 Å². The molecule has 0 aliphatic carbocycles. The third kappa shape index (κ3) is 2.80. The van der Waals surface area contributed by atoms with Gasteiger partial charge in [-0.05, 0) is 45.0 Å². The molecule has 1 atom stereocenters. The maximum absolute atomic E-state index is 5.55. The Morgan fingerprint density at radius 1 is 1.10 bits per heavy atom. The average molecular weight is 271 g/mol. The third-order valence-electron chi connectivity index (χ3n) is 3.39. The van der Waals surface area contributed by atoms with E-state index in [9.17, 15) is 0 Å². The quantitative estimate of drug-likeness (QED) is 0.929. The molecule has 2 aromatic rings. The summed E-state index contributed by atoms with van der Waals surface area (Å²) in [5.74, 6) is 0.879. The van der Waals surface area contributed by atoms with Crippen LogP contribution in [0.1, 0.15) is 34.1 Å². The van der Waals surface area contributed by atoms with Crippen LogP contribution in [0, 0.1) is 20.8 Å². The van der Waals surface area contributed by atoms with Gasteiger partial charge in [-0.2, -0.15) is 0 Å². The molecule has 0 amide bonds. The summed E-state index contributed by atoms with van der Waals surface area (Å²) in [5, 5.41) is 3.31. The molecule has 0 bridgehead atoms. The van der Waals surface area contributed by atoms with Gasteiger partial charge in [0, 0.05) is 11.8 Å². The van der Waals surface area contributed by atoms with Gasteiger partial charge in [0.2, 0.25) is 0 Å². The molecule has 1 aromatic heterocycles. The number of nitrogens with zero attached hydrogens (tertiary/aromatic N) is 2. The fraction of sp³-hybridized carbons (Fsp3) is 0.375. The van der Waals surface area contributed by atoms with E-state index in [1.807, 2.05) is 26.2 Å². The Balaban J connectivity index is 2.54. The second kappa shape index (κ2) is 6.01. The van der Waals surface area contributed by atoms with Gasteiger partial charge in [0.1, 0.15) is 5.75 Å². The van der Waals surface area contributed by atoms with Crippen LogP contribution in [-0.4, -0.2) is 24.1 Å². The predicted molar refractivity (Wildman–Crippen MR) is 80.1 cm³/mol. The molecule has 106 valence electrons. The standard InChI is InChI=1S/C16H21N3O/c1-10-6-11(2)15(14(7-10)20-5)16(17-4)13-9-18-12(3)8-19-13/h6-9,16-17H,1-5H3.